The average molecular weight is 330 g/mol. The summed E-state index contributed by atoms with van der Waals surface area (Å²) in [4.78, 5) is 0. The molecule has 0 aromatic carbocycles. The van der Waals surface area contributed by atoms with Gasteiger partial charge in [-0.25, -0.2) is 0 Å². The van der Waals surface area contributed by atoms with E-state index >= 15 is 0 Å². The molecule has 0 heterocycles. The van der Waals surface area contributed by atoms with E-state index in [9.17, 15) is 0 Å². The molecule has 0 spiro atoms. The van der Waals surface area contributed by atoms with Crippen LogP contribution in [-0.2, 0) is 57.3 Å². The predicted molar refractivity (Wildman–Crippen MR) is 24.6 cm³/mol. The van der Waals surface area contributed by atoms with Crippen molar-refractivity contribution in [2.24, 2.45) is 0 Å². The van der Waals surface area contributed by atoms with Crippen LogP contribution in [0.15, 0.2) is 0 Å². The molecule has 9 nitrogen and oxygen atoms in total. The second kappa shape index (κ2) is 10.9. The van der Waals surface area contributed by atoms with Crippen LogP contribution in [0.1, 0.15) is 0 Å². The van der Waals surface area contributed by atoms with E-state index in [1.54, 1.807) is 0 Å². The van der Waals surface area contributed by atoms with E-state index in [2.05, 4.69) is 0 Å². The van der Waals surface area contributed by atoms with E-state index in [0.29, 0.717) is 0 Å². The summed E-state index contributed by atoms with van der Waals surface area (Å²) in [6.07, 6.45) is 0. The molecule has 0 aliphatic rings. The van der Waals surface area contributed by atoms with Gasteiger partial charge in [-0.15, -0.1) is 0 Å². The minimum Gasteiger partial charge on any atom is -0.759 e. The Bertz CT molecular complexity index is 214. The standard InChI is InChI=1S/Mn.2H2O4S.H2O.Zn/c;2*1-5(2,3)4;;/h;2*(H2,1,2,3,4);1H2;/q+2;;;;+2/p-4. The Labute approximate surface area is 97.6 Å². The van der Waals surface area contributed by atoms with E-state index < -0.39 is 20.8 Å². The zero-order valence-electron chi connectivity index (χ0n) is 5.67. The molecule has 0 saturated heterocycles. The molecule has 13 heteroatoms. The predicted octanol–water partition coefficient (Wildman–Crippen LogP) is -3.51. The fourth-order valence-corrected chi connectivity index (χ4v) is 0. The number of hydrogen-bond acceptors (Lipinski definition) is 8. The summed E-state index contributed by atoms with van der Waals surface area (Å²) in [7, 11) is -10.3. The van der Waals surface area contributed by atoms with Gasteiger partial charge in [-0.3, -0.25) is 16.8 Å². The van der Waals surface area contributed by atoms with Gasteiger partial charge in [0.15, 0.2) is 0 Å². The molecular formula is H2MnO9S2Zn. The topological polar surface area (TPSA) is 192 Å². The molecule has 0 atom stereocenters. The van der Waals surface area contributed by atoms with Crippen molar-refractivity contribution in [2.75, 3.05) is 0 Å². The van der Waals surface area contributed by atoms with E-state index in [-0.39, 0.29) is 42.0 Å². The van der Waals surface area contributed by atoms with Gasteiger partial charge in [-0.2, -0.15) is 0 Å². The number of hydrogen-bond donors (Lipinski definition) is 0. The van der Waals surface area contributed by atoms with Crippen molar-refractivity contribution in [1.82, 2.24) is 0 Å². The van der Waals surface area contributed by atoms with Gasteiger partial charge in [0.05, 0.1) is 0 Å². The molecular weight excluding hydrogens is 328 g/mol. The summed E-state index contributed by atoms with van der Waals surface area (Å²) in [5.41, 5.74) is 0. The van der Waals surface area contributed by atoms with Crippen LogP contribution in [0.3, 0.4) is 0 Å². The van der Waals surface area contributed by atoms with Crippen LogP contribution in [0.2, 0.25) is 0 Å². The molecule has 0 aromatic rings. The first-order valence-corrected chi connectivity index (χ1v) is 4.00. The molecule has 1 radical (unpaired) electrons. The SMILES string of the molecule is O.O=S(=O)([O-])[O-].O=S(=O)([O-])[O-].[Mn+2].[Zn+2]. The Hall–Kier alpha value is 0.843. The first-order valence-electron chi connectivity index (χ1n) is 1.33. The van der Waals surface area contributed by atoms with Crippen molar-refractivity contribution in [3.05, 3.63) is 0 Å². The Kier molecular flexibility index (Phi) is 24.5. The molecule has 0 fully saturated rings. The quantitative estimate of drug-likeness (QED) is 0.248. The van der Waals surface area contributed by atoms with E-state index in [0.717, 1.165) is 0 Å². The zero-order valence-corrected chi connectivity index (χ0v) is 11.4. The third-order valence-electron chi connectivity index (χ3n) is 0. The van der Waals surface area contributed by atoms with Gasteiger partial charge >= 0.3 is 36.5 Å². The Balaban J connectivity index is -0.0000000267. The summed E-state index contributed by atoms with van der Waals surface area (Å²) in [6, 6.07) is 0. The van der Waals surface area contributed by atoms with Crippen LogP contribution >= 0.6 is 0 Å². The third-order valence-corrected chi connectivity index (χ3v) is 0. The second-order valence-electron chi connectivity index (χ2n) is 0.816. The van der Waals surface area contributed by atoms with Crippen LogP contribution in [0.4, 0.5) is 0 Å². The van der Waals surface area contributed by atoms with E-state index in [1.807, 2.05) is 0 Å². The van der Waals surface area contributed by atoms with Crippen molar-refractivity contribution in [1.29, 1.82) is 0 Å². The zero-order chi connectivity index (χ0) is 9.00. The Morgan fingerprint density at radius 3 is 0.692 bits per heavy atom. The Morgan fingerprint density at radius 1 is 0.692 bits per heavy atom. The largest absolute Gasteiger partial charge is 2.00 e. The van der Waals surface area contributed by atoms with Crippen molar-refractivity contribution in [2.45, 2.75) is 0 Å². The molecule has 2 N–H and O–H groups in total. The van der Waals surface area contributed by atoms with E-state index in [1.165, 1.54) is 0 Å². The first kappa shape index (κ1) is 29.2. The van der Waals surface area contributed by atoms with Gasteiger partial charge in [0, 0.05) is 20.8 Å². The maximum Gasteiger partial charge on any atom is 2.00 e. The third kappa shape index (κ3) is 2130. The normalized spacial score (nSPS) is 8.92. The molecule has 0 aromatic heterocycles. The molecule has 0 saturated carbocycles. The van der Waals surface area contributed by atoms with Crippen molar-refractivity contribution in [3.63, 3.8) is 0 Å². The van der Waals surface area contributed by atoms with Gasteiger partial charge in [0.25, 0.3) is 0 Å². The monoisotopic (exact) mass is 329 g/mol. The summed E-state index contributed by atoms with van der Waals surface area (Å²) in [5.74, 6) is 0. The van der Waals surface area contributed by atoms with Gasteiger partial charge in [0.2, 0.25) is 0 Å². The summed E-state index contributed by atoms with van der Waals surface area (Å²) >= 11 is 0. The molecule has 0 aliphatic carbocycles. The van der Waals surface area contributed by atoms with Crippen molar-refractivity contribution in [3.8, 4) is 0 Å². The van der Waals surface area contributed by atoms with Gasteiger partial charge in [-0.1, -0.05) is 0 Å². The van der Waals surface area contributed by atoms with Crippen LogP contribution < -0.4 is 0 Å². The van der Waals surface area contributed by atoms with Crippen molar-refractivity contribution < 1.29 is 77.1 Å². The first-order chi connectivity index (χ1) is 4.00. The maximum absolute atomic E-state index is 8.52. The minimum atomic E-state index is -5.17. The molecule has 0 aliphatic heterocycles. The van der Waals surface area contributed by atoms with E-state index in [4.69, 9.17) is 35.0 Å². The van der Waals surface area contributed by atoms with Gasteiger partial charge in [0.1, 0.15) is 0 Å². The molecule has 77 valence electrons. The van der Waals surface area contributed by atoms with Crippen LogP contribution in [0, 0.1) is 0 Å². The summed E-state index contributed by atoms with van der Waals surface area (Å²) in [5, 5.41) is 0. The second-order valence-corrected chi connectivity index (χ2v) is 2.45. The smallest absolute Gasteiger partial charge is 0.759 e. The Morgan fingerprint density at radius 2 is 0.692 bits per heavy atom. The number of rotatable bonds is 0. The van der Waals surface area contributed by atoms with Crippen LogP contribution in [0.25, 0.3) is 0 Å². The minimum absolute atomic E-state index is 0. The van der Waals surface area contributed by atoms with Crippen molar-refractivity contribution >= 4 is 20.8 Å². The average Bonchev–Trinajstić information content (AvgIpc) is 1.12. The maximum atomic E-state index is 8.52. The van der Waals surface area contributed by atoms with Gasteiger partial charge < -0.3 is 23.7 Å². The van der Waals surface area contributed by atoms with Gasteiger partial charge in [-0.05, 0) is 0 Å². The molecule has 0 unspecified atom stereocenters. The fourth-order valence-electron chi connectivity index (χ4n) is 0. The molecule has 0 bridgehead atoms. The molecule has 0 amide bonds. The van der Waals surface area contributed by atoms with Crippen LogP contribution in [-0.4, -0.2) is 40.5 Å². The molecule has 13 heavy (non-hydrogen) atoms. The molecule has 0 rings (SSSR count). The van der Waals surface area contributed by atoms with Crippen LogP contribution in [0.5, 0.6) is 0 Å². The summed E-state index contributed by atoms with van der Waals surface area (Å²) in [6.45, 7) is 0. The fraction of sp³-hybridized carbons (Fsp3) is 0. The summed E-state index contributed by atoms with van der Waals surface area (Å²) < 4.78 is 68.2.